The van der Waals surface area contributed by atoms with E-state index in [-0.39, 0.29) is 23.7 Å². The molecule has 2 saturated heterocycles. The number of halogens is 4. The highest BCUT2D eigenvalue weighted by Crippen LogP contribution is 2.44. The monoisotopic (exact) mass is 497 g/mol. The van der Waals surface area contributed by atoms with Gasteiger partial charge < -0.3 is 10.2 Å². The summed E-state index contributed by atoms with van der Waals surface area (Å²) < 4.78 is 43.5. The summed E-state index contributed by atoms with van der Waals surface area (Å²) in [4.78, 5) is 17.4. The lowest BCUT2D eigenvalue weighted by Crippen LogP contribution is -2.52. The number of hydrogen-bond acceptors (Lipinski definition) is 4. The Morgan fingerprint density at radius 2 is 1.94 bits per heavy atom. The first-order valence-corrected chi connectivity index (χ1v) is 11.3. The number of amides is 1. The van der Waals surface area contributed by atoms with Crippen molar-refractivity contribution in [2.45, 2.75) is 43.6 Å². The summed E-state index contributed by atoms with van der Waals surface area (Å²) in [6.45, 7) is 3.06. The van der Waals surface area contributed by atoms with Crippen molar-refractivity contribution < 1.29 is 18.0 Å². The van der Waals surface area contributed by atoms with Gasteiger partial charge in [0.05, 0.1) is 12.2 Å². The molecular weight excluding hydrogens is 475 g/mol. The second-order valence-electron chi connectivity index (χ2n) is 8.48. The number of fused-ring (bicyclic) bond motifs is 2. The van der Waals surface area contributed by atoms with E-state index >= 15 is 0 Å². The average Bonchev–Trinajstić information content (AvgIpc) is 3.38. The fraction of sp³-hybridized carbons (Fsp3) is 0.524. The first-order valence-electron chi connectivity index (χ1n) is 10.5. The third-order valence-corrected chi connectivity index (χ3v) is 7.14. The van der Waals surface area contributed by atoms with Crippen LogP contribution in [0, 0.1) is 0 Å². The van der Waals surface area contributed by atoms with E-state index in [0.29, 0.717) is 19.1 Å². The number of aromatic nitrogens is 2. The van der Waals surface area contributed by atoms with Crippen LogP contribution in [0.15, 0.2) is 34.9 Å². The molecule has 4 heterocycles. The molecule has 0 saturated carbocycles. The quantitative estimate of drug-likeness (QED) is 0.674. The van der Waals surface area contributed by atoms with Gasteiger partial charge in [-0.1, -0.05) is 28.1 Å². The zero-order valence-corrected chi connectivity index (χ0v) is 18.4. The van der Waals surface area contributed by atoms with Gasteiger partial charge in [-0.15, -0.1) is 0 Å². The van der Waals surface area contributed by atoms with Crippen molar-refractivity contribution in [1.29, 1.82) is 0 Å². The van der Waals surface area contributed by atoms with Gasteiger partial charge in [0.2, 0.25) is 0 Å². The molecule has 166 valence electrons. The van der Waals surface area contributed by atoms with Gasteiger partial charge in [0.15, 0.2) is 6.04 Å². The molecule has 31 heavy (non-hydrogen) atoms. The Morgan fingerprint density at radius 3 is 2.68 bits per heavy atom. The van der Waals surface area contributed by atoms with Crippen molar-refractivity contribution in [3.05, 3.63) is 46.1 Å². The molecule has 0 spiro atoms. The summed E-state index contributed by atoms with van der Waals surface area (Å²) in [6, 6.07) is 5.18. The number of carbonyl (C=O) groups excluding carboxylic acids is 1. The molecule has 2 aromatic rings. The van der Waals surface area contributed by atoms with Crippen LogP contribution in [-0.2, 0) is 0 Å². The van der Waals surface area contributed by atoms with E-state index in [2.05, 4.69) is 31.2 Å². The van der Waals surface area contributed by atoms with E-state index in [4.69, 9.17) is 0 Å². The fourth-order valence-corrected chi connectivity index (χ4v) is 5.24. The lowest BCUT2D eigenvalue weighted by atomic mass is 9.96. The number of anilines is 1. The minimum Gasteiger partial charge on any atom is -0.363 e. The Balaban J connectivity index is 1.46. The van der Waals surface area contributed by atoms with Gasteiger partial charge in [-0.3, -0.25) is 9.69 Å². The first-order chi connectivity index (χ1) is 14.8. The summed E-state index contributed by atoms with van der Waals surface area (Å²) >= 11 is 3.36. The van der Waals surface area contributed by atoms with Crippen molar-refractivity contribution in [1.82, 2.24) is 19.6 Å². The van der Waals surface area contributed by atoms with Gasteiger partial charge in [0.25, 0.3) is 5.91 Å². The largest absolute Gasteiger partial charge is 0.410 e. The van der Waals surface area contributed by atoms with Crippen molar-refractivity contribution in [3.63, 3.8) is 0 Å². The highest BCUT2D eigenvalue weighted by Gasteiger charge is 2.47. The Morgan fingerprint density at radius 1 is 1.16 bits per heavy atom. The molecule has 5 rings (SSSR count). The second kappa shape index (κ2) is 7.81. The third kappa shape index (κ3) is 3.84. The van der Waals surface area contributed by atoms with Gasteiger partial charge in [0.1, 0.15) is 11.4 Å². The van der Waals surface area contributed by atoms with Crippen molar-refractivity contribution in [2.75, 3.05) is 31.5 Å². The summed E-state index contributed by atoms with van der Waals surface area (Å²) in [5.74, 6) is -0.0991. The second-order valence-corrected chi connectivity index (χ2v) is 9.39. The number of rotatable bonds is 2. The average molecular weight is 498 g/mol. The van der Waals surface area contributed by atoms with Crippen LogP contribution in [0.4, 0.5) is 19.0 Å². The number of piperazine rings is 1. The van der Waals surface area contributed by atoms with Crippen LogP contribution in [0.3, 0.4) is 0 Å². The molecule has 3 aliphatic heterocycles. The molecule has 1 N–H and O–H groups in total. The minimum atomic E-state index is -4.47. The zero-order chi connectivity index (χ0) is 21.8. The molecule has 1 aromatic carbocycles. The number of alkyl halides is 3. The summed E-state index contributed by atoms with van der Waals surface area (Å²) in [5, 5.41) is 7.17. The molecule has 10 heteroatoms. The van der Waals surface area contributed by atoms with E-state index < -0.39 is 18.3 Å². The number of nitrogens with one attached hydrogen (secondary N) is 1. The van der Waals surface area contributed by atoms with Crippen LogP contribution in [0.1, 0.15) is 47.3 Å². The molecule has 2 fully saturated rings. The molecule has 1 aromatic heterocycles. The molecular formula is C21H23BrF3N5O. The lowest BCUT2D eigenvalue weighted by molar-refractivity contribution is -0.173. The molecule has 0 aliphatic carbocycles. The number of benzene rings is 1. The Hall–Kier alpha value is -2.07. The van der Waals surface area contributed by atoms with Crippen LogP contribution in [0.5, 0.6) is 0 Å². The van der Waals surface area contributed by atoms with Crippen LogP contribution in [0.25, 0.3) is 0 Å². The first kappa shape index (κ1) is 20.8. The number of hydrogen-bond donors (Lipinski definition) is 1. The summed E-state index contributed by atoms with van der Waals surface area (Å²) in [5.41, 5.74) is 0.949. The van der Waals surface area contributed by atoms with E-state index in [9.17, 15) is 18.0 Å². The Labute approximate surface area is 186 Å². The maximum atomic E-state index is 13.9. The lowest BCUT2D eigenvalue weighted by Gasteiger charge is -2.38. The van der Waals surface area contributed by atoms with Gasteiger partial charge in [-0.05, 0) is 37.1 Å². The van der Waals surface area contributed by atoms with E-state index in [1.165, 1.54) is 6.20 Å². The van der Waals surface area contributed by atoms with Crippen LogP contribution < -0.4 is 5.32 Å². The van der Waals surface area contributed by atoms with Gasteiger partial charge in [-0.2, -0.15) is 18.3 Å². The topological polar surface area (TPSA) is 53.4 Å². The summed E-state index contributed by atoms with van der Waals surface area (Å²) in [6.07, 6.45) is -1.19. The van der Waals surface area contributed by atoms with Gasteiger partial charge in [-0.25, -0.2) is 4.68 Å². The minimum absolute atomic E-state index is 0.153. The predicted octanol–water partition coefficient (Wildman–Crippen LogP) is 4.23. The van der Waals surface area contributed by atoms with Gasteiger partial charge in [0, 0.05) is 36.6 Å². The zero-order valence-electron chi connectivity index (χ0n) is 16.8. The highest BCUT2D eigenvalue weighted by atomic mass is 79.9. The van der Waals surface area contributed by atoms with E-state index in [0.717, 1.165) is 40.6 Å². The molecule has 3 aliphatic rings. The molecule has 0 unspecified atom stereocenters. The van der Waals surface area contributed by atoms with Crippen LogP contribution >= 0.6 is 15.9 Å². The molecule has 0 radical (unpaired) electrons. The smallest absolute Gasteiger partial charge is 0.363 e. The molecule has 1 amide bonds. The maximum absolute atomic E-state index is 13.9. The SMILES string of the molecule is O=C(c1cnn2c1N[C@H](c1ccc(Br)cc1)C[C@H]2C(F)(F)F)N1CCN2CCC[C@@H]2C1. The number of nitrogens with zero attached hydrogens (tertiary/aromatic N) is 4. The summed E-state index contributed by atoms with van der Waals surface area (Å²) in [7, 11) is 0. The maximum Gasteiger partial charge on any atom is 0.410 e. The van der Waals surface area contributed by atoms with Crippen molar-refractivity contribution in [2.24, 2.45) is 0 Å². The van der Waals surface area contributed by atoms with Crippen molar-refractivity contribution in [3.8, 4) is 0 Å². The van der Waals surface area contributed by atoms with Crippen molar-refractivity contribution >= 4 is 27.7 Å². The fourth-order valence-electron chi connectivity index (χ4n) is 4.98. The molecule has 0 bridgehead atoms. The van der Waals surface area contributed by atoms with E-state index in [1.54, 1.807) is 29.2 Å². The molecule has 3 atom stereocenters. The standard InChI is InChI=1S/C21H23BrF3N5O/c22-14-5-3-13(4-6-14)17-10-18(21(23,24)25)30-19(27-17)16(11-26-30)20(31)29-9-8-28-7-1-2-15(28)12-29/h3-6,11,15,17-18,27H,1-2,7-10,12H2/t15-,17+,18+/m1/s1. The normalized spacial score (nSPS) is 26.3. The Bertz CT molecular complexity index is 976. The van der Waals surface area contributed by atoms with Crippen LogP contribution in [0.2, 0.25) is 0 Å². The van der Waals surface area contributed by atoms with Crippen LogP contribution in [-0.4, -0.2) is 63.9 Å². The third-order valence-electron chi connectivity index (χ3n) is 6.62. The Kier molecular flexibility index (Phi) is 5.24. The predicted molar refractivity (Wildman–Crippen MR) is 113 cm³/mol. The number of carbonyl (C=O) groups is 1. The van der Waals surface area contributed by atoms with E-state index in [1.807, 2.05) is 0 Å². The highest BCUT2D eigenvalue weighted by molar-refractivity contribution is 9.10. The van der Waals surface area contributed by atoms with Gasteiger partial charge >= 0.3 is 6.18 Å². The molecule has 6 nitrogen and oxygen atoms in total.